The first kappa shape index (κ1) is 20.4. The van der Waals surface area contributed by atoms with Crippen molar-refractivity contribution in [1.29, 1.82) is 0 Å². The first-order chi connectivity index (χ1) is 14.0. The molecular formula is C20H23F2N3O5. The highest BCUT2D eigenvalue weighted by Gasteiger charge is 2.61. The number of halogens is 2. The third-order valence-corrected chi connectivity index (χ3v) is 5.63. The van der Waals surface area contributed by atoms with Crippen molar-refractivity contribution >= 4 is 29.3 Å². The molecule has 3 atom stereocenters. The predicted molar refractivity (Wildman–Crippen MR) is 102 cm³/mol. The Hall–Kier alpha value is -2.91. The summed E-state index contributed by atoms with van der Waals surface area (Å²) < 4.78 is 39.8. The number of fused-ring (bicyclic) bond motifs is 1. The van der Waals surface area contributed by atoms with E-state index in [-0.39, 0.29) is 41.6 Å². The molecule has 8 nitrogen and oxygen atoms in total. The van der Waals surface area contributed by atoms with E-state index < -0.39 is 35.3 Å². The van der Waals surface area contributed by atoms with Crippen molar-refractivity contribution in [2.75, 3.05) is 29.4 Å². The number of rotatable bonds is 4. The number of primary amides is 1. The van der Waals surface area contributed by atoms with Gasteiger partial charge in [-0.05, 0) is 32.6 Å². The lowest BCUT2D eigenvalue weighted by Gasteiger charge is -2.25. The zero-order chi connectivity index (χ0) is 22.0. The van der Waals surface area contributed by atoms with Crippen molar-refractivity contribution in [2.45, 2.75) is 32.5 Å². The normalized spacial score (nSPS) is 27.7. The fourth-order valence-electron chi connectivity index (χ4n) is 4.26. The maximum Gasteiger partial charge on any atom is 0.415 e. The number of amides is 2. The molecule has 1 aromatic carbocycles. The summed E-state index contributed by atoms with van der Waals surface area (Å²) in [7, 11) is 0. The molecule has 3 unspecified atom stereocenters. The summed E-state index contributed by atoms with van der Waals surface area (Å²) in [5, 5.41) is 0. The van der Waals surface area contributed by atoms with E-state index in [1.807, 2.05) is 0 Å². The molecule has 1 saturated carbocycles. The van der Waals surface area contributed by atoms with E-state index in [1.165, 1.54) is 0 Å². The quantitative estimate of drug-likeness (QED) is 0.741. The van der Waals surface area contributed by atoms with Gasteiger partial charge in [-0.3, -0.25) is 14.5 Å². The Balaban J connectivity index is 1.46. The number of carbonyl (C=O) groups is 3. The molecule has 2 amide bonds. The number of anilines is 2. The number of hydrogen-bond donors (Lipinski definition) is 1. The fourth-order valence-corrected chi connectivity index (χ4v) is 4.26. The zero-order valence-electron chi connectivity index (χ0n) is 16.9. The van der Waals surface area contributed by atoms with Crippen LogP contribution in [-0.2, 0) is 19.1 Å². The van der Waals surface area contributed by atoms with Crippen molar-refractivity contribution in [2.24, 2.45) is 23.5 Å². The Morgan fingerprint density at radius 1 is 1.13 bits per heavy atom. The molecule has 2 heterocycles. The standard InChI is InChI=1S/C20H23F2N3O5/c1-20(2,3)30-18(27)15-10-6-24(7-11(10)15)16-12(21)4-9(5-13(16)22)25-8-14(17(23)26)29-19(25)28/h4-5,10-11,14-15H,6-8H2,1-3H3,(H2,23,26). The maximum atomic E-state index is 14.8. The van der Waals surface area contributed by atoms with Crippen LogP contribution in [0.3, 0.4) is 0 Å². The monoisotopic (exact) mass is 423 g/mol. The highest BCUT2D eigenvalue weighted by molar-refractivity contribution is 5.95. The number of nitrogens with two attached hydrogens (primary N) is 1. The number of esters is 1. The van der Waals surface area contributed by atoms with E-state index in [0.717, 1.165) is 17.0 Å². The molecule has 1 aromatic rings. The number of nitrogens with zero attached hydrogens (tertiary/aromatic N) is 2. The second kappa shape index (κ2) is 6.82. The van der Waals surface area contributed by atoms with Gasteiger partial charge in [-0.1, -0.05) is 0 Å². The van der Waals surface area contributed by atoms with Crippen molar-refractivity contribution in [3.8, 4) is 0 Å². The second-order valence-electron chi connectivity index (χ2n) is 8.94. The van der Waals surface area contributed by atoms with Crippen LogP contribution in [0.5, 0.6) is 0 Å². The van der Waals surface area contributed by atoms with Crippen LogP contribution in [0.25, 0.3) is 0 Å². The van der Waals surface area contributed by atoms with E-state index >= 15 is 0 Å². The van der Waals surface area contributed by atoms with Crippen LogP contribution >= 0.6 is 0 Å². The highest BCUT2D eigenvalue weighted by atomic mass is 19.1. The van der Waals surface area contributed by atoms with E-state index in [4.69, 9.17) is 15.2 Å². The first-order valence-corrected chi connectivity index (χ1v) is 9.70. The van der Waals surface area contributed by atoms with Gasteiger partial charge in [0.1, 0.15) is 11.3 Å². The van der Waals surface area contributed by atoms with Crippen LogP contribution in [-0.4, -0.2) is 49.3 Å². The van der Waals surface area contributed by atoms with Gasteiger partial charge >= 0.3 is 12.1 Å². The number of piperidine rings is 1. The van der Waals surface area contributed by atoms with Crippen LogP contribution in [0.15, 0.2) is 12.1 Å². The van der Waals surface area contributed by atoms with Crippen LogP contribution in [0.4, 0.5) is 25.0 Å². The first-order valence-electron chi connectivity index (χ1n) is 9.70. The van der Waals surface area contributed by atoms with Crippen LogP contribution in [0, 0.1) is 29.4 Å². The van der Waals surface area contributed by atoms with E-state index in [2.05, 4.69) is 0 Å². The van der Waals surface area contributed by atoms with Crippen LogP contribution in [0.1, 0.15) is 20.8 Å². The fraction of sp³-hybridized carbons (Fsp3) is 0.550. The van der Waals surface area contributed by atoms with Gasteiger partial charge in [0.2, 0.25) is 0 Å². The summed E-state index contributed by atoms with van der Waals surface area (Å²) >= 11 is 0. The Morgan fingerprint density at radius 3 is 2.17 bits per heavy atom. The molecule has 4 rings (SSSR count). The van der Waals surface area contributed by atoms with Crippen molar-refractivity contribution in [3.05, 3.63) is 23.8 Å². The summed E-state index contributed by atoms with van der Waals surface area (Å²) in [5.41, 5.74) is 4.28. The summed E-state index contributed by atoms with van der Waals surface area (Å²) in [5.74, 6) is -3.02. The van der Waals surface area contributed by atoms with Gasteiger partial charge in [0, 0.05) is 25.2 Å². The number of benzene rings is 1. The second-order valence-corrected chi connectivity index (χ2v) is 8.94. The Labute approximate surface area is 171 Å². The molecule has 30 heavy (non-hydrogen) atoms. The lowest BCUT2D eigenvalue weighted by molar-refractivity contribution is -0.157. The van der Waals surface area contributed by atoms with Gasteiger partial charge < -0.3 is 20.1 Å². The van der Waals surface area contributed by atoms with Crippen LogP contribution in [0.2, 0.25) is 0 Å². The molecule has 2 N–H and O–H groups in total. The van der Waals surface area contributed by atoms with Gasteiger partial charge in [-0.25, -0.2) is 13.6 Å². The lowest BCUT2D eigenvalue weighted by Crippen LogP contribution is -2.33. The van der Waals surface area contributed by atoms with Crippen molar-refractivity contribution in [3.63, 3.8) is 0 Å². The summed E-state index contributed by atoms with van der Waals surface area (Å²) in [4.78, 5) is 37.9. The summed E-state index contributed by atoms with van der Waals surface area (Å²) in [6, 6.07) is 2.05. The molecule has 0 bridgehead atoms. The Kier molecular flexibility index (Phi) is 4.63. The van der Waals surface area contributed by atoms with Crippen molar-refractivity contribution in [1.82, 2.24) is 0 Å². The molecule has 0 radical (unpaired) electrons. The third-order valence-electron chi connectivity index (χ3n) is 5.63. The molecule has 0 spiro atoms. The predicted octanol–water partition coefficient (Wildman–Crippen LogP) is 1.80. The Bertz CT molecular complexity index is 897. The molecule has 3 aliphatic rings. The highest BCUT2D eigenvalue weighted by Crippen LogP contribution is 2.54. The van der Waals surface area contributed by atoms with Crippen molar-refractivity contribution < 1.29 is 32.6 Å². The molecule has 10 heteroatoms. The minimum atomic E-state index is -1.17. The van der Waals surface area contributed by atoms with Gasteiger partial charge in [0.05, 0.1) is 18.2 Å². The molecule has 2 saturated heterocycles. The van der Waals surface area contributed by atoms with Gasteiger partial charge in [-0.15, -0.1) is 0 Å². The van der Waals surface area contributed by atoms with Gasteiger partial charge in [0.15, 0.2) is 17.7 Å². The van der Waals surface area contributed by atoms with E-state index in [0.29, 0.717) is 13.1 Å². The van der Waals surface area contributed by atoms with Crippen LogP contribution < -0.4 is 15.5 Å². The zero-order valence-corrected chi connectivity index (χ0v) is 16.9. The number of hydrogen-bond acceptors (Lipinski definition) is 6. The number of ether oxygens (including phenoxy) is 2. The maximum absolute atomic E-state index is 14.8. The number of carbonyl (C=O) groups excluding carboxylic acids is 3. The number of cyclic esters (lactones) is 1. The smallest absolute Gasteiger partial charge is 0.415 e. The lowest BCUT2D eigenvalue weighted by atomic mass is 10.1. The topological polar surface area (TPSA) is 102 Å². The minimum Gasteiger partial charge on any atom is -0.460 e. The Morgan fingerprint density at radius 2 is 1.70 bits per heavy atom. The molecule has 2 aliphatic heterocycles. The molecule has 0 aromatic heterocycles. The summed E-state index contributed by atoms with van der Waals surface area (Å²) in [6.45, 7) is 5.86. The SMILES string of the molecule is CC(C)(C)OC(=O)C1C2CN(c3c(F)cc(N4CC(C(N)=O)OC4=O)cc3F)CC21. The average molecular weight is 423 g/mol. The van der Waals surface area contributed by atoms with E-state index in [9.17, 15) is 23.2 Å². The molecule has 3 fully saturated rings. The molecular weight excluding hydrogens is 400 g/mol. The van der Waals surface area contributed by atoms with Gasteiger partial charge in [-0.2, -0.15) is 0 Å². The molecule has 162 valence electrons. The summed E-state index contributed by atoms with van der Waals surface area (Å²) in [6.07, 6.45) is -2.06. The largest absolute Gasteiger partial charge is 0.460 e. The molecule has 1 aliphatic carbocycles. The third kappa shape index (κ3) is 3.54. The van der Waals surface area contributed by atoms with Gasteiger partial charge in [0.25, 0.3) is 5.91 Å². The van der Waals surface area contributed by atoms with E-state index in [1.54, 1.807) is 25.7 Å². The average Bonchev–Trinajstić information content (AvgIpc) is 2.94. The minimum absolute atomic E-state index is 0.00297.